The van der Waals surface area contributed by atoms with Crippen molar-refractivity contribution in [2.75, 3.05) is 9.80 Å². The lowest BCUT2D eigenvalue weighted by atomic mass is 9.36. The molecule has 4 heteroatoms. The average molecular weight is 943 g/mol. The van der Waals surface area contributed by atoms with Gasteiger partial charge in [-0.05, 0) is 158 Å². The van der Waals surface area contributed by atoms with Gasteiger partial charge in [-0.15, -0.1) is 11.3 Å². The lowest BCUT2D eigenvalue weighted by Crippen LogP contribution is -2.60. The Hall–Kier alpha value is -7.66. The Morgan fingerprint density at radius 3 is 1.64 bits per heavy atom. The fourth-order valence-electron chi connectivity index (χ4n) is 12.9. The zero-order valence-corrected chi connectivity index (χ0v) is 42.8. The molecule has 0 atom stereocenters. The molecular weight excluding hydrogens is 888 g/mol. The van der Waals surface area contributed by atoms with E-state index in [1.807, 2.05) is 0 Å². The number of rotatable bonds is 6. The summed E-state index contributed by atoms with van der Waals surface area (Å²) in [5, 5.41) is 0. The number of fused-ring (bicyclic) bond motifs is 15. The molecule has 0 amide bonds. The Labute approximate surface area is 429 Å². The van der Waals surface area contributed by atoms with Crippen LogP contribution in [0.2, 0.25) is 0 Å². The summed E-state index contributed by atoms with van der Waals surface area (Å²) in [5.74, 6) is 0.784. The maximum absolute atomic E-state index is 2.66. The molecule has 3 heterocycles. The summed E-state index contributed by atoms with van der Waals surface area (Å²) in [4.78, 5) is 6.68. The van der Waals surface area contributed by atoms with Gasteiger partial charge < -0.3 is 9.80 Å². The summed E-state index contributed by atoms with van der Waals surface area (Å²) in [5.41, 5.74) is 30.6. The summed E-state index contributed by atoms with van der Waals surface area (Å²) in [6.07, 6.45) is 0. The van der Waals surface area contributed by atoms with Crippen LogP contribution < -0.4 is 25.5 Å². The zero-order valence-electron chi connectivity index (χ0n) is 42.0. The SMILES string of the molecule is Cc1ccc(N2c3cc(-c4cc(C(C)C)ccc4-c4ccccc4)ccc3B3c4sc5c(c4N(c4ccc(C)cc4)c4cc(C)cc2c43)-c2ccc(C(C)C)cc2C52c3ccccc3-c3ccccc32)cc1. The largest absolute Gasteiger partial charge is 0.311 e. The van der Waals surface area contributed by atoms with Crippen LogP contribution in [0.1, 0.15) is 88.9 Å². The number of benzene rings is 9. The molecule has 2 aliphatic heterocycles. The third kappa shape index (κ3) is 6.02. The summed E-state index contributed by atoms with van der Waals surface area (Å²) in [6, 6.07) is 74.9. The van der Waals surface area contributed by atoms with Gasteiger partial charge in [-0.1, -0.05) is 190 Å². The maximum atomic E-state index is 2.66. The average Bonchev–Trinajstić information content (AvgIpc) is 4.03. The van der Waals surface area contributed by atoms with Crippen molar-refractivity contribution in [3.63, 3.8) is 0 Å². The second-order valence-electron chi connectivity index (χ2n) is 21.4. The molecule has 0 radical (unpaired) electrons. The standard InChI is InChI=1S/C68H55BN2S/c1-40(2)46-25-32-51(45-15-9-8-10-16-45)55(37-46)48-27-34-59-60(39-48)70(49-28-21-42(5)22-29-49)61-35-44(7)36-62-64(61)69(59)67-65(71(62)50-30-23-43(6)24-31-50)63-54-33-26-47(41(3)4)38-58(54)68(66(63)72-67)56-19-13-11-17-52(56)53-18-12-14-20-57(53)68/h8-41H,1-7H3. The smallest absolute Gasteiger partial charge is 0.264 e. The van der Waals surface area contributed by atoms with Gasteiger partial charge in [0.1, 0.15) is 0 Å². The molecule has 10 aromatic rings. The van der Waals surface area contributed by atoms with Crippen LogP contribution in [0.4, 0.5) is 34.1 Å². The van der Waals surface area contributed by atoms with Gasteiger partial charge >= 0.3 is 0 Å². The molecule has 9 aromatic carbocycles. The van der Waals surface area contributed by atoms with Crippen LogP contribution in [0, 0.1) is 20.8 Å². The van der Waals surface area contributed by atoms with E-state index in [1.165, 1.54) is 144 Å². The van der Waals surface area contributed by atoms with Crippen LogP contribution >= 0.6 is 11.3 Å². The molecule has 0 unspecified atom stereocenters. The molecule has 0 fully saturated rings. The van der Waals surface area contributed by atoms with Gasteiger partial charge in [-0.2, -0.15) is 0 Å². The third-order valence-electron chi connectivity index (χ3n) is 16.4. The van der Waals surface area contributed by atoms with Crippen molar-refractivity contribution in [2.45, 2.75) is 65.7 Å². The highest BCUT2D eigenvalue weighted by molar-refractivity contribution is 7.30. The normalized spacial score (nSPS) is 14.0. The third-order valence-corrected chi connectivity index (χ3v) is 17.8. The summed E-state index contributed by atoms with van der Waals surface area (Å²) >= 11 is 2.07. The summed E-state index contributed by atoms with van der Waals surface area (Å²) in [6.45, 7) is 15.9. The number of anilines is 6. The first kappa shape index (κ1) is 43.2. The van der Waals surface area contributed by atoms with Crippen LogP contribution in [0.15, 0.2) is 194 Å². The maximum Gasteiger partial charge on any atom is 0.264 e. The first-order chi connectivity index (χ1) is 35.1. The zero-order chi connectivity index (χ0) is 48.7. The van der Waals surface area contributed by atoms with E-state index in [2.05, 4.69) is 264 Å². The minimum Gasteiger partial charge on any atom is -0.311 e. The van der Waals surface area contributed by atoms with E-state index in [0.717, 1.165) is 0 Å². The fraction of sp³-hybridized carbons (Fsp3) is 0.147. The van der Waals surface area contributed by atoms with E-state index < -0.39 is 5.41 Å². The van der Waals surface area contributed by atoms with Crippen molar-refractivity contribution in [2.24, 2.45) is 0 Å². The quantitative estimate of drug-likeness (QED) is 0.153. The molecule has 1 aromatic heterocycles. The molecule has 0 saturated carbocycles. The van der Waals surface area contributed by atoms with Gasteiger partial charge in [-0.25, -0.2) is 0 Å². The van der Waals surface area contributed by atoms with E-state index in [1.54, 1.807) is 0 Å². The number of thiophene rings is 1. The number of aryl methyl sites for hydroxylation is 3. The molecule has 0 N–H and O–H groups in total. The molecule has 4 aliphatic rings. The van der Waals surface area contributed by atoms with Gasteiger partial charge in [0.05, 0.1) is 11.1 Å². The van der Waals surface area contributed by atoms with Crippen molar-refractivity contribution < 1.29 is 0 Å². The molecule has 2 nitrogen and oxygen atoms in total. The van der Waals surface area contributed by atoms with Crippen molar-refractivity contribution in [3.05, 3.63) is 244 Å². The van der Waals surface area contributed by atoms with Crippen molar-refractivity contribution in [1.82, 2.24) is 0 Å². The fourth-order valence-corrected chi connectivity index (χ4v) is 14.6. The highest BCUT2D eigenvalue weighted by Gasteiger charge is 2.57. The first-order valence-corrected chi connectivity index (χ1v) is 26.6. The van der Waals surface area contributed by atoms with Crippen LogP contribution in [-0.4, -0.2) is 6.71 Å². The van der Waals surface area contributed by atoms with Crippen molar-refractivity contribution in [1.29, 1.82) is 0 Å². The number of hydrogen-bond donors (Lipinski definition) is 0. The summed E-state index contributed by atoms with van der Waals surface area (Å²) < 4.78 is 1.40. The van der Waals surface area contributed by atoms with E-state index in [-0.39, 0.29) is 6.71 Å². The van der Waals surface area contributed by atoms with Gasteiger partial charge in [0.15, 0.2) is 0 Å². The van der Waals surface area contributed by atoms with Gasteiger partial charge in [0, 0.05) is 43.7 Å². The summed E-state index contributed by atoms with van der Waals surface area (Å²) in [7, 11) is 0. The Morgan fingerprint density at radius 2 is 1.00 bits per heavy atom. The lowest BCUT2D eigenvalue weighted by molar-refractivity contribution is 0.799. The monoisotopic (exact) mass is 942 g/mol. The highest BCUT2D eigenvalue weighted by atomic mass is 32.1. The lowest BCUT2D eigenvalue weighted by Gasteiger charge is -2.44. The Bertz CT molecular complexity index is 3810. The molecule has 346 valence electrons. The van der Waals surface area contributed by atoms with Crippen molar-refractivity contribution >= 4 is 67.9 Å². The Kier molecular flexibility index (Phi) is 9.55. The van der Waals surface area contributed by atoms with Crippen LogP contribution in [-0.2, 0) is 5.41 Å². The second-order valence-corrected chi connectivity index (χ2v) is 22.5. The molecule has 72 heavy (non-hydrogen) atoms. The van der Waals surface area contributed by atoms with E-state index in [4.69, 9.17) is 0 Å². The topological polar surface area (TPSA) is 6.48 Å². The minimum absolute atomic E-state index is 0.0217. The van der Waals surface area contributed by atoms with Crippen LogP contribution in [0.5, 0.6) is 0 Å². The molecule has 0 bridgehead atoms. The van der Waals surface area contributed by atoms with E-state index in [9.17, 15) is 0 Å². The van der Waals surface area contributed by atoms with E-state index in [0.29, 0.717) is 11.8 Å². The number of hydrogen-bond acceptors (Lipinski definition) is 3. The Morgan fingerprint density at radius 1 is 0.431 bits per heavy atom. The van der Waals surface area contributed by atoms with Crippen LogP contribution in [0.3, 0.4) is 0 Å². The van der Waals surface area contributed by atoms with Gasteiger partial charge in [0.25, 0.3) is 6.71 Å². The van der Waals surface area contributed by atoms with Crippen molar-refractivity contribution in [3.8, 4) is 44.5 Å². The number of nitrogens with zero attached hydrogens (tertiary/aromatic N) is 2. The van der Waals surface area contributed by atoms with E-state index >= 15 is 0 Å². The molecule has 14 rings (SSSR count). The van der Waals surface area contributed by atoms with Crippen LogP contribution in [0.25, 0.3) is 44.5 Å². The predicted octanol–water partition coefficient (Wildman–Crippen LogP) is 16.7. The second kappa shape index (κ2) is 15.9. The van der Waals surface area contributed by atoms with Gasteiger partial charge in [-0.3, -0.25) is 0 Å². The van der Waals surface area contributed by atoms with Gasteiger partial charge in [0.2, 0.25) is 0 Å². The molecular formula is C68H55BN2S. The highest BCUT2D eigenvalue weighted by Crippen LogP contribution is 2.67. The molecule has 1 spiro atoms. The predicted molar refractivity (Wildman–Crippen MR) is 308 cm³/mol. The minimum atomic E-state index is -0.473. The first-order valence-electron chi connectivity index (χ1n) is 25.8. The molecule has 0 saturated heterocycles. The Balaban J connectivity index is 1.11. The molecule has 2 aliphatic carbocycles.